The predicted molar refractivity (Wildman–Crippen MR) is 88.5 cm³/mol. The van der Waals surface area contributed by atoms with Crippen LogP contribution < -0.4 is 5.32 Å². The van der Waals surface area contributed by atoms with E-state index < -0.39 is 0 Å². The molecule has 0 saturated carbocycles. The molecule has 0 saturated heterocycles. The van der Waals surface area contributed by atoms with Crippen LogP contribution in [0.4, 0.5) is 5.69 Å². The first-order valence-corrected chi connectivity index (χ1v) is 7.55. The zero-order chi connectivity index (χ0) is 17.7. The molecule has 0 fully saturated rings. The van der Waals surface area contributed by atoms with Gasteiger partial charge in [0.05, 0.1) is 16.8 Å². The molecule has 0 atom stereocenters. The van der Waals surface area contributed by atoms with Crippen LogP contribution in [-0.4, -0.2) is 44.3 Å². The molecule has 3 aromatic rings. The molecule has 25 heavy (non-hydrogen) atoms. The number of carbonyl (C=O) groups is 3. The summed E-state index contributed by atoms with van der Waals surface area (Å²) in [5, 5.41) is 7.00. The molecule has 1 N–H and O–H groups in total. The van der Waals surface area contributed by atoms with Crippen LogP contribution >= 0.6 is 0 Å². The number of amides is 3. The first-order valence-electron chi connectivity index (χ1n) is 7.55. The Bertz CT molecular complexity index is 1070. The number of anilines is 1. The molecule has 1 aromatic carbocycles. The molecule has 3 heterocycles. The highest BCUT2D eigenvalue weighted by Gasteiger charge is 2.33. The third-order valence-electron chi connectivity index (χ3n) is 4.14. The van der Waals surface area contributed by atoms with E-state index in [1.54, 1.807) is 31.5 Å². The maximum atomic E-state index is 12.7. The summed E-state index contributed by atoms with van der Waals surface area (Å²) in [4.78, 5) is 41.9. The van der Waals surface area contributed by atoms with Crippen molar-refractivity contribution in [1.82, 2.24) is 19.5 Å². The molecule has 0 spiro atoms. The molecule has 1 aliphatic heterocycles. The molecular weight excluding hydrogens is 322 g/mol. The lowest BCUT2D eigenvalue weighted by Crippen LogP contribution is -2.24. The molecule has 4 rings (SSSR count). The van der Waals surface area contributed by atoms with Gasteiger partial charge in [-0.2, -0.15) is 5.10 Å². The highest BCUT2D eigenvalue weighted by molar-refractivity contribution is 6.21. The average molecular weight is 335 g/mol. The monoisotopic (exact) mass is 335 g/mol. The van der Waals surface area contributed by atoms with Crippen molar-refractivity contribution < 1.29 is 14.4 Å². The van der Waals surface area contributed by atoms with Gasteiger partial charge in [-0.3, -0.25) is 19.3 Å². The zero-order valence-corrected chi connectivity index (χ0v) is 13.5. The quantitative estimate of drug-likeness (QED) is 0.716. The summed E-state index contributed by atoms with van der Waals surface area (Å²) in [7, 11) is 1.43. The minimum atomic E-state index is -0.384. The Morgan fingerprint density at radius 3 is 2.72 bits per heavy atom. The van der Waals surface area contributed by atoms with Crippen LogP contribution in [0.25, 0.3) is 5.65 Å². The van der Waals surface area contributed by atoms with Gasteiger partial charge in [0.25, 0.3) is 17.7 Å². The molecule has 0 bridgehead atoms. The zero-order valence-electron chi connectivity index (χ0n) is 13.5. The second kappa shape index (κ2) is 5.23. The Balaban J connectivity index is 1.69. The number of hydrogen-bond acceptors (Lipinski definition) is 5. The van der Waals surface area contributed by atoms with Crippen LogP contribution in [0.1, 0.15) is 36.8 Å². The number of rotatable bonds is 2. The van der Waals surface area contributed by atoms with Crippen LogP contribution in [0.3, 0.4) is 0 Å². The largest absolute Gasteiger partial charge is 0.322 e. The first kappa shape index (κ1) is 15.0. The number of fused-ring (bicyclic) bond motifs is 2. The third-order valence-corrected chi connectivity index (χ3v) is 4.14. The number of aromatic nitrogens is 3. The van der Waals surface area contributed by atoms with Crippen LogP contribution in [0.15, 0.2) is 36.7 Å². The van der Waals surface area contributed by atoms with Crippen LogP contribution in [-0.2, 0) is 0 Å². The molecule has 8 heteroatoms. The third kappa shape index (κ3) is 2.18. The standard InChI is InChI=1S/C17H13N5O3/c1-9-13(14-18-6-3-7-22(14)20-9)15(23)19-10-4-5-11-12(8-10)17(25)21(2)16(11)24/h3-8H,1-2H3,(H,19,23). The van der Waals surface area contributed by atoms with E-state index in [2.05, 4.69) is 15.4 Å². The van der Waals surface area contributed by atoms with E-state index >= 15 is 0 Å². The van der Waals surface area contributed by atoms with Gasteiger partial charge in [-0.25, -0.2) is 9.50 Å². The molecule has 0 aliphatic carbocycles. The van der Waals surface area contributed by atoms with Gasteiger partial charge in [0.1, 0.15) is 5.56 Å². The van der Waals surface area contributed by atoms with Crippen molar-refractivity contribution in [3.8, 4) is 0 Å². The Morgan fingerprint density at radius 2 is 1.92 bits per heavy atom. The van der Waals surface area contributed by atoms with Gasteiger partial charge in [0.2, 0.25) is 0 Å². The fourth-order valence-electron chi connectivity index (χ4n) is 2.90. The van der Waals surface area contributed by atoms with Crippen molar-refractivity contribution in [1.29, 1.82) is 0 Å². The van der Waals surface area contributed by atoms with Gasteiger partial charge >= 0.3 is 0 Å². The molecule has 1 aliphatic rings. The lowest BCUT2D eigenvalue weighted by Gasteiger charge is -2.06. The van der Waals surface area contributed by atoms with Gasteiger partial charge in [0, 0.05) is 25.1 Å². The highest BCUT2D eigenvalue weighted by Crippen LogP contribution is 2.25. The van der Waals surface area contributed by atoms with Crippen molar-refractivity contribution in [2.45, 2.75) is 6.92 Å². The van der Waals surface area contributed by atoms with Crippen LogP contribution in [0, 0.1) is 6.92 Å². The summed E-state index contributed by atoms with van der Waals surface area (Å²) in [6.45, 7) is 1.73. The Hall–Kier alpha value is -3.55. The molecular formula is C17H13N5O3. The van der Waals surface area contributed by atoms with Gasteiger partial charge in [-0.05, 0) is 31.2 Å². The number of aryl methyl sites for hydroxylation is 1. The van der Waals surface area contributed by atoms with Gasteiger partial charge in [0.15, 0.2) is 5.65 Å². The van der Waals surface area contributed by atoms with Crippen molar-refractivity contribution in [3.63, 3.8) is 0 Å². The first-order chi connectivity index (χ1) is 12.0. The van der Waals surface area contributed by atoms with Crippen molar-refractivity contribution in [3.05, 3.63) is 59.0 Å². The Labute approximate surface area is 142 Å². The molecule has 0 unspecified atom stereocenters. The van der Waals surface area contributed by atoms with Crippen LogP contribution in [0.5, 0.6) is 0 Å². The lowest BCUT2D eigenvalue weighted by atomic mass is 10.1. The maximum absolute atomic E-state index is 12.7. The lowest BCUT2D eigenvalue weighted by molar-refractivity contribution is 0.0692. The predicted octanol–water partition coefficient (Wildman–Crippen LogP) is 1.52. The molecule has 2 aromatic heterocycles. The number of carbonyl (C=O) groups excluding carboxylic acids is 3. The minimum Gasteiger partial charge on any atom is -0.322 e. The van der Waals surface area contributed by atoms with Crippen LogP contribution in [0.2, 0.25) is 0 Å². The number of nitrogens with zero attached hydrogens (tertiary/aromatic N) is 4. The summed E-state index contributed by atoms with van der Waals surface area (Å²) in [6, 6.07) is 6.36. The molecule has 3 amide bonds. The smallest absolute Gasteiger partial charge is 0.261 e. The second-order valence-electron chi connectivity index (χ2n) is 5.73. The van der Waals surface area contributed by atoms with Crippen molar-refractivity contribution in [2.24, 2.45) is 0 Å². The van der Waals surface area contributed by atoms with E-state index in [4.69, 9.17) is 0 Å². The van der Waals surface area contributed by atoms with Crippen molar-refractivity contribution in [2.75, 3.05) is 12.4 Å². The summed E-state index contributed by atoms with van der Waals surface area (Å²) < 4.78 is 1.53. The SMILES string of the molecule is Cc1nn2cccnc2c1C(=O)Nc1ccc2c(c1)C(=O)N(C)C2=O. The number of hydrogen-bond donors (Lipinski definition) is 1. The summed E-state index contributed by atoms with van der Waals surface area (Å²) >= 11 is 0. The van der Waals surface area contributed by atoms with Crippen molar-refractivity contribution >= 4 is 29.1 Å². The molecule has 0 radical (unpaired) electrons. The van der Waals surface area contributed by atoms with E-state index in [1.807, 2.05) is 0 Å². The Kier molecular flexibility index (Phi) is 3.14. The number of imide groups is 1. The normalized spacial score (nSPS) is 13.4. The van der Waals surface area contributed by atoms with Gasteiger partial charge < -0.3 is 5.32 Å². The average Bonchev–Trinajstić information content (AvgIpc) is 3.04. The minimum absolute atomic E-state index is 0.278. The summed E-state index contributed by atoms with van der Waals surface area (Å²) in [5.74, 6) is -1.11. The maximum Gasteiger partial charge on any atom is 0.261 e. The number of benzene rings is 1. The number of nitrogens with one attached hydrogen (secondary N) is 1. The van der Waals surface area contributed by atoms with E-state index in [0.717, 1.165) is 4.90 Å². The Morgan fingerprint density at radius 1 is 1.16 bits per heavy atom. The van der Waals surface area contributed by atoms with E-state index in [0.29, 0.717) is 28.2 Å². The van der Waals surface area contributed by atoms with Gasteiger partial charge in [-0.15, -0.1) is 0 Å². The molecule has 124 valence electrons. The fraction of sp³-hybridized carbons (Fsp3) is 0.118. The summed E-state index contributed by atoms with van der Waals surface area (Å²) in [5.41, 5.74) is 2.39. The van der Waals surface area contributed by atoms with E-state index in [1.165, 1.54) is 23.7 Å². The topological polar surface area (TPSA) is 96.7 Å². The second-order valence-corrected chi connectivity index (χ2v) is 5.73. The molecule has 8 nitrogen and oxygen atoms in total. The van der Waals surface area contributed by atoms with Gasteiger partial charge in [-0.1, -0.05) is 0 Å². The fourth-order valence-corrected chi connectivity index (χ4v) is 2.90. The highest BCUT2D eigenvalue weighted by atomic mass is 16.2. The van der Waals surface area contributed by atoms with E-state index in [9.17, 15) is 14.4 Å². The summed E-state index contributed by atoms with van der Waals surface area (Å²) in [6.07, 6.45) is 3.30. The van der Waals surface area contributed by atoms with E-state index in [-0.39, 0.29) is 23.3 Å².